The molecule has 0 aliphatic heterocycles. The molecule has 6 rings (SSSR count). The summed E-state index contributed by atoms with van der Waals surface area (Å²) in [4.78, 5) is 25.2. The zero-order valence-electron chi connectivity index (χ0n) is 23.1. The first-order valence-corrected chi connectivity index (χ1v) is 14.2. The molecule has 202 valence electrons. The maximum atomic E-state index is 12.6. The van der Waals surface area contributed by atoms with Crippen LogP contribution in [0.3, 0.4) is 0 Å². The van der Waals surface area contributed by atoms with Gasteiger partial charge in [-0.3, -0.25) is 9.59 Å². The van der Waals surface area contributed by atoms with Crippen molar-refractivity contribution in [1.82, 2.24) is 0 Å². The second kappa shape index (κ2) is 11.1. The molecule has 2 aliphatic carbocycles. The molecule has 0 bridgehead atoms. The van der Waals surface area contributed by atoms with Crippen molar-refractivity contribution in [3.05, 3.63) is 118 Å². The molecule has 0 aromatic heterocycles. The van der Waals surface area contributed by atoms with E-state index in [9.17, 15) is 9.59 Å². The Labute approximate surface area is 236 Å². The summed E-state index contributed by atoms with van der Waals surface area (Å²) in [6.07, 6.45) is 2.38. The molecular formula is C36H34O4. The highest BCUT2D eigenvalue weighted by molar-refractivity contribution is 5.80. The van der Waals surface area contributed by atoms with Crippen LogP contribution in [0.15, 0.2) is 84.9 Å². The maximum Gasteiger partial charge on any atom is 0.306 e. The highest BCUT2D eigenvalue weighted by Crippen LogP contribution is 2.42. The zero-order valence-corrected chi connectivity index (χ0v) is 23.1. The molecule has 0 radical (unpaired) electrons. The molecule has 2 aliphatic rings. The van der Waals surface area contributed by atoms with E-state index in [2.05, 4.69) is 98.8 Å². The van der Waals surface area contributed by atoms with Crippen LogP contribution in [0, 0.1) is 0 Å². The van der Waals surface area contributed by atoms with Gasteiger partial charge < -0.3 is 9.47 Å². The molecule has 4 aromatic rings. The van der Waals surface area contributed by atoms with Gasteiger partial charge in [-0.25, -0.2) is 0 Å². The van der Waals surface area contributed by atoms with Crippen LogP contribution in [0.2, 0.25) is 0 Å². The van der Waals surface area contributed by atoms with E-state index < -0.39 is 0 Å². The van der Waals surface area contributed by atoms with Crippen LogP contribution in [0.4, 0.5) is 0 Å². The van der Waals surface area contributed by atoms with Crippen LogP contribution < -0.4 is 0 Å². The fraction of sp³-hybridized carbons (Fsp3) is 0.278. The number of carbonyl (C=O) groups is 2. The highest BCUT2D eigenvalue weighted by atomic mass is 16.6. The molecule has 4 aromatic carbocycles. The van der Waals surface area contributed by atoms with E-state index in [1.165, 1.54) is 55.6 Å². The molecule has 4 nitrogen and oxygen atoms in total. The minimum atomic E-state index is -0.274. The van der Waals surface area contributed by atoms with Gasteiger partial charge in [0.25, 0.3) is 0 Å². The van der Waals surface area contributed by atoms with Crippen molar-refractivity contribution in [2.45, 2.75) is 51.4 Å². The molecule has 0 fully saturated rings. The second-order valence-electron chi connectivity index (χ2n) is 11.1. The number of esters is 2. The molecule has 40 heavy (non-hydrogen) atoms. The lowest BCUT2D eigenvalue weighted by molar-refractivity contribution is -0.152. The summed E-state index contributed by atoms with van der Waals surface area (Å²) in [6.45, 7) is 4.28. The van der Waals surface area contributed by atoms with Gasteiger partial charge in [0.15, 0.2) is 0 Å². The number of carbonyl (C=O) groups excluding carboxylic acids is 2. The molecule has 2 atom stereocenters. The number of hydrogen-bond acceptors (Lipinski definition) is 4. The van der Waals surface area contributed by atoms with Gasteiger partial charge in [0.1, 0.15) is 13.2 Å². The largest absolute Gasteiger partial charge is 0.462 e. The molecule has 0 spiro atoms. The van der Waals surface area contributed by atoms with Crippen molar-refractivity contribution < 1.29 is 19.1 Å². The summed E-state index contributed by atoms with van der Waals surface area (Å²) in [5.41, 5.74) is 12.8. The topological polar surface area (TPSA) is 52.6 Å². The summed E-state index contributed by atoms with van der Waals surface area (Å²) in [6, 6.07) is 29.7. The first-order valence-electron chi connectivity index (χ1n) is 14.2. The van der Waals surface area contributed by atoms with E-state index in [4.69, 9.17) is 9.47 Å². The van der Waals surface area contributed by atoms with Gasteiger partial charge >= 0.3 is 11.9 Å². The second-order valence-corrected chi connectivity index (χ2v) is 11.1. The first-order chi connectivity index (χ1) is 19.5. The highest BCUT2D eigenvalue weighted by Gasteiger charge is 2.25. The number of rotatable bonds is 9. The van der Waals surface area contributed by atoms with E-state index in [1.54, 1.807) is 0 Å². The molecule has 0 N–H and O–H groups in total. The van der Waals surface area contributed by atoms with E-state index >= 15 is 0 Å². The molecular weight excluding hydrogens is 496 g/mol. The van der Waals surface area contributed by atoms with Gasteiger partial charge in [-0.15, -0.1) is 0 Å². The van der Waals surface area contributed by atoms with Crippen LogP contribution in [-0.4, -0.2) is 25.2 Å². The summed E-state index contributed by atoms with van der Waals surface area (Å²) < 4.78 is 10.9. The van der Waals surface area contributed by atoms with Crippen molar-refractivity contribution in [2.24, 2.45) is 0 Å². The van der Waals surface area contributed by atoms with Crippen molar-refractivity contribution >= 4 is 11.9 Å². The predicted octanol–water partition coefficient (Wildman–Crippen LogP) is 7.60. The van der Waals surface area contributed by atoms with Crippen LogP contribution in [-0.2, 0) is 31.9 Å². The van der Waals surface area contributed by atoms with Crippen LogP contribution >= 0.6 is 0 Å². The van der Waals surface area contributed by atoms with E-state index in [0.29, 0.717) is 12.8 Å². The van der Waals surface area contributed by atoms with Gasteiger partial charge in [-0.2, -0.15) is 0 Å². The quantitative estimate of drug-likeness (QED) is 0.143. The molecule has 2 unspecified atom stereocenters. The van der Waals surface area contributed by atoms with E-state index in [-0.39, 0.29) is 37.0 Å². The number of fused-ring (bicyclic) bond motifs is 6. The summed E-state index contributed by atoms with van der Waals surface area (Å²) in [5, 5.41) is 0. The normalized spacial score (nSPS) is 13.9. The molecule has 4 heteroatoms. The Bertz CT molecular complexity index is 1460. The Morgan fingerprint density at radius 3 is 1.43 bits per heavy atom. The van der Waals surface area contributed by atoms with Crippen LogP contribution in [0.1, 0.15) is 71.9 Å². The summed E-state index contributed by atoms with van der Waals surface area (Å²) in [7, 11) is 0. The van der Waals surface area contributed by atoms with Gasteiger partial charge in [-0.05, 0) is 80.3 Å². The smallest absolute Gasteiger partial charge is 0.306 e. The van der Waals surface area contributed by atoms with E-state index in [0.717, 1.165) is 12.8 Å². The van der Waals surface area contributed by atoms with Crippen molar-refractivity contribution in [3.63, 3.8) is 0 Å². The fourth-order valence-electron chi connectivity index (χ4n) is 6.44. The fourth-order valence-corrected chi connectivity index (χ4v) is 6.44. The average Bonchev–Trinajstić information content (AvgIpc) is 3.53. The molecule has 0 amide bonds. The lowest BCUT2D eigenvalue weighted by Gasteiger charge is -2.17. The average molecular weight is 531 g/mol. The van der Waals surface area contributed by atoms with Gasteiger partial charge in [0.05, 0.1) is 12.8 Å². The third-order valence-electron chi connectivity index (χ3n) is 8.39. The monoisotopic (exact) mass is 530 g/mol. The molecule has 0 heterocycles. The minimum absolute atomic E-state index is 0.0406. The minimum Gasteiger partial charge on any atom is -0.462 e. The SMILES string of the molecule is CC(CC(=O)OCCOC(=O)CC(C)c1cccc2c1Cc1ccccc1-2)c1cccc2c1Cc1ccccc1-2. The molecule has 0 saturated carbocycles. The Hall–Kier alpha value is -4.18. The summed E-state index contributed by atoms with van der Waals surface area (Å²) in [5.74, 6) is -0.466. The van der Waals surface area contributed by atoms with Crippen molar-refractivity contribution in [2.75, 3.05) is 13.2 Å². The Kier molecular flexibility index (Phi) is 7.25. The lowest BCUT2D eigenvalue weighted by Crippen LogP contribution is -2.16. The Balaban J connectivity index is 0.972. The Morgan fingerprint density at radius 1 is 0.575 bits per heavy atom. The lowest BCUT2D eigenvalue weighted by atomic mass is 9.90. The summed E-state index contributed by atoms with van der Waals surface area (Å²) >= 11 is 0. The third kappa shape index (κ3) is 5.06. The van der Waals surface area contributed by atoms with Gasteiger partial charge in [0, 0.05) is 0 Å². The maximum absolute atomic E-state index is 12.6. The van der Waals surface area contributed by atoms with Gasteiger partial charge in [-0.1, -0.05) is 98.8 Å². The van der Waals surface area contributed by atoms with Crippen LogP contribution in [0.5, 0.6) is 0 Å². The standard InChI is InChI=1S/C36H34O4/c1-23(27-13-7-15-31-29-11-5-3-9-25(29)21-33(27)31)19-35(37)39-17-18-40-36(38)20-24(2)28-14-8-16-32-30-12-6-4-10-26(30)22-34(28)32/h3-16,23-24H,17-22H2,1-2H3. The molecule has 0 saturated heterocycles. The predicted molar refractivity (Wildman–Crippen MR) is 157 cm³/mol. The number of hydrogen-bond donors (Lipinski definition) is 0. The van der Waals surface area contributed by atoms with Crippen molar-refractivity contribution in [3.8, 4) is 22.3 Å². The first kappa shape index (κ1) is 26.1. The van der Waals surface area contributed by atoms with Crippen LogP contribution in [0.25, 0.3) is 22.3 Å². The van der Waals surface area contributed by atoms with E-state index in [1.807, 2.05) is 0 Å². The zero-order chi connectivity index (χ0) is 27.6. The number of benzene rings is 4. The number of ether oxygens (including phenoxy) is 2. The third-order valence-corrected chi connectivity index (χ3v) is 8.39. The van der Waals surface area contributed by atoms with Gasteiger partial charge in [0.2, 0.25) is 0 Å². The Morgan fingerprint density at radius 2 is 0.975 bits per heavy atom. The van der Waals surface area contributed by atoms with Crippen molar-refractivity contribution in [1.29, 1.82) is 0 Å².